The summed E-state index contributed by atoms with van der Waals surface area (Å²) in [4.78, 5) is 2.61. The second-order valence-corrected chi connectivity index (χ2v) is 5.42. The lowest BCUT2D eigenvalue weighted by Gasteiger charge is -2.15. The number of nitrogens with zero attached hydrogens (tertiary/aromatic N) is 1. The zero-order chi connectivity index (χ0) is 11.2. The van der Waals surface area contributed by atoms with Crippen molar-refractivity contribution in [1.29, 1.82) is 0 Å². The third-order valence-electron chi connectivity index (χ3n) is 3.35. The molecule has 1 aromatic heterocycles. The number of hydrogen-bond donors (Lipinski definition) is 1. The second kappa shape index (κ2) is 6.38. The molecule has 2 nitrogen and oxygen atoms in total. The average Bonchev–Trinajstić information content (AvgIpc) is 2.95. The molecule has 0 aromatic carbocycles. The van der Waals surface area contributed by atoms with Crippen molar-refractivity contribution >= 4 is 11.3 Å². The van der Waals surface area contributed by atoms with E-state index in [9.17, 15) is 0 Å². The van der Waals surface area contributed by atoms with Gasteiger partial charge in [0.1, 0.15) is 0 Å². The van der Waals surface area contributed by atoms with Crippen LogP contribution >= 0.6 is 11.3 Å². The number of likely N-dealkylation sites (tertiary alicyclic amines) is 1. The van der Waals surface area contributed by atoms with Gasteiger partial charge in [0.05, 0.1) is 0 Å². The van der Waals surface area contributed by atoms with Crippen molar-refractivity contribution in [2.45, 2.75) is 19.8 Å². The Morgan fingerprint density at radius 1 is 1.56 bits per heavy atom. The Labute approximate surface area is 103 Å². The molecule has 0 aliphatic carbocycles. The monoisotopic (exact) mass is 238 g/mol. The van der Waals surface area contributed by atoms with Gasteiger partial charge in [0.2, 0.25) is 0 Å². The molecule has 16 heavy (non-hydrogen) atoms. The summed E-state index contributed by atoms with van der Waals surface area (Å²) in [6, 6.07) is 2.25. The van der Waals surface area contributed by atoms with Gasteiger partial charge in [0.15, 0.2) is 0 Å². The van der Waals surface area contributed by atoms with Crippen LogP contribution in [0.2, 0.25) is 0 Å². The highest BCUT2D eigenvalue weighted by atomic mass is 32.1. The lowest BCUT2D eigenvalue weighted by Crippen LogP contribution is -2.27. The molecule has 90 valence electrons. The molecule has 1 N–H and O–H groups in total. The first-order valence-corrected chi connectivity index (χ1v) is 7.27. The van der Waals surface area contributed by atoms with E-state index in [4.69, 9.17) is 0 Å². The lowest BCUT2D eigenvalue weighted by molar-refractivity contribution is 0.326. The van der Waals surface area contributed by atoms with Crippen molar-refractivity contribution in [3.05, 3.63) is 22.4 Å². The Kier molecular flexibility index (Phi) is 4.82. The molecule has 1 aliphatic heterocycles. The number of thiophene rings is 1. The molecule has 0 bridgehead atoms. The largest absolute Gasteiger partial charge is 0.317 e. The molecule has 1 aliphatic rings. The molecule has 1 atom stereocenters. The predicted octanol–water partition coefficient (Wildman–Crippen LogP) is 2.22. The summed E-state index contributed by atoms with van der Waals surface area (Å²) in [5, 5.41) is 7.90. The third-order valence-corrected chi connectivity index (χ3v) is 4.08. The Morgan fingerprint density at radius 2 is 2.50 bits per heavy atom. The maximum atomic E-state index is 3.46. The van der Waals surface area contributed by atoms with Crippen molar-refractivity contribution < 1.29 is 0 Å². The summed E-state index contributed by atoms with van der Waals surface area (Å²) in [5.74, 6) is 0.877. The zero-order valence-electron chi connectivity index (χ0n) is 10.1. The van der Waals surface area contributed by atoms with Crippen LogP contribution in [0.15, 0.2) is 16.8 Å². The van der Waals surface area contributed by atoms with Crippen LogP contribution in [-0.4, -0.2) is 37.6 Å². The minimum Gasteiger partial charge on any atom is -0.317 e. The van der Waals surface area contributed by atoms with Crippen LogP contribution < -0.4 is 5.32 Å². The van der Waals surface area contributed by atoms with Gasteiger partial charge in [-0.1, -0.05) is 6.92 Å². The van der Waals surface area contributed by atoms with E-state index in [2.05, 4.69) is 34.0 Å². The fourth-order valence-electron chi connectivity index (χ4n) is 2.35. The Balaban J connectivity index is 1.65. The Morgan fingerprint density at radius 3 is 3.25 bits per heavy atom. The quantitative estimate of drug-likeness (QED) is 0.817. The van der Waals surface area contributed by atoms with E-state index in [-0.39, 0.29) is 0 Å². The van der Waals surface area contributed by atoms with Crippen molar-refractivity contribution in [3.63, 3.8) is 0 Å². The van der Waals surface area contributed by atoms with E-state index in [1.165, 1.54) is 44.6 Å². The van der Waals surface area contributed by atoms with Gasteiger partial charge in [-0.3, -0.25) is 0 Å². The van der Waals surface area contributed by atoms with Crippen molar-refractivity contribution in [2.24, 2.45) is 5.92 Å². The summed E-state index contributed by atoms with van der Waals surface area (Å²) in [6.45, 7) is 8.30. The minimum absolute atomic E-state index is 0.877. The van der Waals surface area contributed by atoms with Gasteiger partial charge in [-0.2, -0.15) is 11.3 Å². The van der Waals surface area contributed by atoms with Crippen molar-refractivity contribution in [1.82, 2.24) is 10.2 Å². The molecule has 0 spiro atoms. The van der Waals surface area contributed by atoms with Crippen LogP contribution in [0.3, 0.4) is 0 Å². The molecule has 2 heterocycles. The summed E-state index contributed by atoms with van der Waals surface area (Å²) < 4.78 is 0. The van der Waals surface area contributed by atoms with Crippen molar-refractivity contribution in [3.8, 4) is 0 Å². The van der Waals surface area contributed by atoms with Gasteiger partial charge >= 0.3 is 0 Å². The van der Waals surface area contributed by atoms with Gasteiger partial charge in [0, 0.05) is 13.1 Å². The summed E-state index contributed by atoms with van der Waals surface area (Å²) in [6.07, 6.45) is 2.59. The summed E-state index contributed by atoms with van der Waals surface area (Å²) in [7, 11) is 0. The van der Waals surface area contributed by atoms with Crippen LogP contribution in [0.4, 0.5) is 0 Å². The Bertz CT molecular complexity index is 284. The normalized spacial score (nSPS) is 21.7. The fraction of sp³-hybridized carbons (Fsp3) is 0.692. The second-order valence-electron chi connectivity index (χ2n) is 4.64. The number of hydrogen-bond acceptors (Lipinski definition) is 3. The van der Waals surface area contributed by atoms with Crippen molar-refractivity contribution in [2.75, 3.05) is 32.7 Å². The molecule has 0 amide bonds. The topological polar surface area (TPSA) is 15.3 Å². The van der Waals surface area contributed by atoms with Crippen LogP contribution in [0.25, 0.3) is 0 Å². The highest BCUT2D eigenvalue weighted by molar-refractivity contribution is 7.07. The SMILES string of the molecule is CCNCC1CCN(CCc2ccsc2)C1. The van der Waals surface area contributed by atoms with Gasteiger partial charge in [-0.25, -0.2) is 0 Å². The summed E-state index contributed by atoms with van der Waals surface area (Å²) >= 11 is 1.81. The van der Waals surface area contributed by atoms with Gasteiger partial charge < -0.3 is 10.2 Å². The smallest absolute Gasteiger partial charge is 0.00224 e. The number of nitrogens with one attached hydrogen (secondary N) is 1. The van der Waals surface area contributed by atoms with Crippen LogP contribution in [-0.2, 0) is 6.42 Å². The van der Waals surface area contributed by atoms with Gasteiger partial charge in [-0.15, -0.1) is 0 Å². The van der Waals surface area contributed by atoms with E-state index in [0.717, 1.165) is 12.5 Å². The standard InChI is InChI=1S/C13H22N2S/c1-2-14-9-13-4-7-15(10-13)6-3-12-5-8-16-11-12/h5,8,11,13-14H,2-4,6-7,9-10H2,1H3. The lowest BCUT2D eigenvalue weighted by atomic mass is 10.1. The molecule has 1 saturated heterocycles. The third kappa shape index (κ3) is 3.58. The van der Waals surface area contributed by atoms with E-state index >= 15 is 0 Å². The number of rotatable bonds is 6. The molecule has 1 fully saturated rings. The average molecular weight is 238 g/mol. The first-order valence-electron chi connectivity index (χ1n) is 6.32. The van der Waals surface area contributed by atoms with Gasteiger partial charge in [0.25, 0.3) is 0 Å². The van der Waals surface area contributed by atoms with Crippen LogP contribution in [0.1, 0.15) is 18.9 Å². The fourth-order valence-corrected chi connectivity index (χ4v) is 3.06. The van der Waals surface area contributed by atoms with E-state index < -0.39 is 0 Å². The van der Waals surface area contributed by atoms with Gasteiger partial charge in [-0.05, 0) is 60.8 Å². The molecular formula is C13H22N2S. The molecule has 0 radical (unpaired) electrons. The van der Waals surface area contributed by atoms with Crippen LogP contribution in [0.5, 0.6) is 0 Å². The molecule has 2 rings (SSSR count). The summed E-state index contributed by atoms with van der Waals surface area (Å²) in [5.41, 5.74) is 1.50. The maximum Gasteiger partial charge on any atom is 0.00224 e. The Hall–Kier alpha value is -0.380. The first-order chi connectivity index (χ1) is 7.88. The van der Waals surface area contributed by atoms with E-state index in [1.807, 2.05) is 0 Å². The minimum atomic E-state index is 0.877. The molecular weight excluding hydrogens is 216 g/mol. The molecule has 1 unspecified atom stereocenters. The molecule has 3 heteroatoms. The predicted molar refractivity (Wildman–Crippen MR) is 71.1 cm³/mol. The van der Waals surface area contributed by atoms with Crippen LogP contribution in [0, 0.1) is 5.92 Å². The highest BCUT2D eigenvalue weighted by Crippen LogP contribution is 2.16. The van der Waals surface area contributed by atoms with E-state index in [1.54, 1.807) is 11.3 Å². The molecule has 1 aromatic rings. The first kappa shape index (κ1) is 12.1. The highest BCUT2D eigenvalue weighted by Gasteiger charge is 2.21. The zero-order valence-corrected chi connectivity index (χ0v) is 10.9. The van der Waals surface area contributed by atoms with E-state index in [0.29, 0.717) is 0 Å². The molecule has 0 saturated carbocycles. The maximum absolute atomic E-state index is 3.46.